The van der Waals surface area contributed by atoms with Crippen LogP contribution in [-0.4, -0.2) is 17.8 Å². The minimum atomic E-state index is -0.110. The summed E-state index contributed by atoms with van der Waals surface area (Å²) < 4.78 is 6.24. The molecule has 0 saturated heterocycles. The van der Waals surface area contributed by atoms with Crippen molar-refractivity contribution in [1.29, 1.82) is 0 Å². The quantitative estimate of drug-likeness (QED) is 0.515. The number of aliphatic hydroxyl groups is 1. The van der Waals surface area contributed by atoms with E-state index in [1.54, 1.807) is 0 Å². The molecule has 0 heterocycles. The summed E-state index contributed by atoms with van der Waals surface area (Å²) in [5.41, 5.74) is 2.84. The van der Waals surface area contributed by atoms with Crippen LogP contribution in [0.15, 0.2) is 18.2 Å². The maximum Gasteiger partial charge on any atom is 0.123 e. The van der Waals surface area contributed by atoms with Gasteiger partial charge in [-0.2, -0.15) is 0 Å². The average molecular weight is 371 g/mol. The van der Waals surface area contributed by atoms with Crippen molar-refractivity contribution in [3.8, 4) is 5.75 Å². The van der Waals surface area contributed by atoms with E-state index in [4.69, 9.17) is 4.74 Å². The Morgan fingerprint density at radius 2 is 1.60 bits per heavy atom. The predicted molar refractivity (Wildman–Crippen MR) is 111 cm³/mol. The molecule has 0 radical (unpaired) electrons. The lowest BCUT2D eigenvalue weighted by atomic mass is 9.76. The molecule has 1 rings (SSSR count). The van der Waals surface area contributed by atoms with Crippen LogP contribution in [0.2, 0.25) is 0 Å². The fourth-order valence-corrected chi connectivity index (χ4v) is 2.78. The van der Waals surface area contributed by atoms with Crippen LogP contribution in [0.3, 0.4) is 0 Å². The molecule has 0 aliphatic rings. The van der Waals surface area contributed by atoms with Crippen LogP contribution >= 0.6 is 12.4 Å². The maximum atomic E-state index is 9.66. The fraction of sp³-hybridized carbons (Fsp3) is 0.727. The third-order valence-corrected chi connectivity index (χ3v) is 5.63. The van der Waals surface area contributed by atoms with E-state index in [1.807, 2.05) is 0 Å². The van der Waals surface area contributed by atoms with E-state index in [9.17, 15) is 5.11 Å². The SMILES string of the molecule is CCCCC(CO)Oc1ccc(C(C)(C)CC)cc1C(C)(C)CC.Cl. The normalized spacial score (nSPS) is 13.3. The highest BCUT2D eigenvalue weighted by Crippen LogP contribution is 2.39. The monoisotopic (exact) mass is 370 g/mol. The first kappa shape index (κ1) is 24.3. The van der Waals surface area contributed by atoms with E-state index in [0.29, 0.717) is 0 Å². The van der Waals surface area contributed by atoms with Crippen LogP contribution in [0.25, 0.3) is 0 Å². The summed E-state index contributed by atoms with van der Waals surface area (Å²) >= 11 is 0. The molecule has 1 atom stereocenters. The van der Waals surface area contributed by atoms with Gasteiger partial charge in [0.2, 0.25) is 0 Å². The molecule has 1 unspecified atom stereocenters. The third kappa shape index (κ3) is 6.49. The van der Waals surface area contributed by atoms with Crippen molar-refractivity contribution in [1.82, 2.24) is 0 Å². The number of unbranched alkanes of at least 4 members (excludes halogenated alkanes) is 1. The average Bonchev–Trinajstić information content (AvgIpc) is 2.58. The van der Waals surface area contributed by atoms with E-state index in [1.165, 1.54) is 11.1 Å². The van der Waals surface area contributed by atoms with Gasteiger partial charge in [-0.25, -0.2) is 0 Å². The third-order valence-electron chi connectivity index (χ3n) is 5.63. The molecule has 1 aromatic carbocycles. The molecule has 3 heteroatoms. The summed E-state index contributed by atoms with van der Waals surface area (Å²) in [5, 5.41) is 9.66. The lowest BCUT2D eigenvalue weighted by Gasteiger charge is -2.31. The number of rotatable bonds is 10. The second kappa shape index (κ2) is 10.4. The Kier molecular flexibility index (Phi) is 10.1. The van der Waals surface area contributed by atoms with Gasteiger partial charge in [0.1, 0.15) is 11.9 Å². The molecule has 1 aromatic rings. The molecule has 2 nitrogen and oxygen atoms in total. The van der Waals surface area contributed by atoms with E-state index in [-0.39, 0.29) is 35.9 Å². The van der Waals surface area contributed by atoms with Crippen molar-refractivity contribution in [2.75, 3.05) is 6.61 Å². The van der Waals surface area contributed by atoms with Crippen molar-refractivity contribution in [3.05, 3.63) is 29.3 Å². The second-order valence-corrected chi connectivity index (χ2v) is 8.25. The molecule has 1 N–H and O–H groups in total. The first-order chi connectivity index (χ1) is 11.2. The Hall–Kier alpha value is -0.730. The molecule has 0 aliphatic heterocycles. The molecule has 0 aliphatic carbocycles. The summed E-state index contributed by atoms with van der Waals surface area (Å²) in [6.45, 7) is 15.8. The summed E-state index contributed by atoms with van der Waals surface area (Å²) in [7, 11) is 0. The van der Waals surface area contributed by atoms with Crippen LogP contribution in [0.5, 0.6) is 5.75 Å². The molecule has 0 saturated carbocycles. The van der Waals surface area contributed by atoms with Gasteiger partial charge in [-0.05, 0) is 48.1 Å². The molecule has 0 bridgehead atoms. The maximum absolute atomic E-state index is 9.66. The standard InChI is InChI=1S/C22H38O2.ClH/c1-8-11-12-18(16-23)24-20-14-13-17(21(4,5)9-2)15-19(20)22(6,7)10-3;/h13-15,18,23H,8-12,16H2,1-7H3;1H. The molecule has 0 spiro atoms. The minimum Gasteiger partial charge on any atom is -0.488 e. The highest BCUT2D eigenvalue weighted by atomic mass is 35.5. The van der Waals surface area contributed by atoms with Gasteiger partial charge in [0.05, 0.1) is 6.61 Å². The minimum absolute atomic E-state index is 0. The van der Waals surface area contributed by atoms with Crippen LogP contribution < -0.4 is 4.74 Å². The molecule has 146 valence electrons. The summed E-state index contributed by atoms with van der Waals surface area (Å²) in [6, 6.07) is 6.65. The van der Waals surface area contributed by atoms with Crippen LogP contribution in [0.4, 0.5) is 0 Å². The molecule has 0 aromatic heterocycles. The van der Waals surface area contributed by atoms with Crippen LogP contribution in [-0.2, 0) is 10.8 Å². The molecular formula is C22H39ClO2. The summed E-state index contributed by atoms with van der Waals surface area (Å²) in [5.74, 6) is 0.938. The largest absolute Gasteiger partial charge is 0.488 e. The number of aliphatic hydroxyl groups excluding tert-OH is 1. The number of ether oxygens (including phenoxy) is 1. The van der Waals surface area contributed by atoms with Gasteiger partial charge in [0.25, 0.3) is 0 Å². The Bertz CT molecular complexity index is 509. The highest BCUT2D eigenvalue weighted by Gasteiger charge is 2.27. The van der Waals surface area contributed by atoms with Gasteiger partial charge in [0.15, 0.2) is 0 Å². The van der Waals surface area contributed by atoms with E-state index >= 15 is 0 Å². The molecule has 25 heavy (non-hydrogen) atoms. The van der Waals surface area contributed by atoms with Crippen LogP contribution in [0, 0.1) is 0 Å². The first-order valence-corrected chi connectivity index (χ1v) is 9.64. The van der Waals surface area contributed by atoms with Crippen molar-refractivity contribution in [2.24, 2.45) is 0 Å². The number of halogens is 1. The molecule has 0 fully saturated rings. The van der Waals surface area contributed by atoms with E-state index in [0.717, 1.165) is 37.9 Å². The number of hydrogen-bond acceptors (Lipinski definition) is 2. The highest BCUT2D eigenvalue weighted by molar-refractivity contribution is 5.85. The van der Waals surface area contributed by atoms with Gasteiger partial charge in [0, 0.05) is 5.56 Å². The predicted octanol–water partition coefficient (Wildman–Crippen LogP) is 6.41. The Labute approximate surface area is 161 Å². The topological polar surface area (TPSA) is 29.5 Å². The number of benzene rings is 1. The lowest BCUT2D eigenvalue weighted by molar-refractivity contribution is 0.104. The van der Waals surface area contributed by atoms with E-state index < -0.39 is 0 Å². The van der Waals surface area contributed by atoms with Crippen molar-refractivity contribution in [3.63, 3.8) is 0 Å². The molecular weight excluding hydrogens is 332 g/mol. The van der Waals surface area contributed by atoms with Crippen molar-refractivity contribution >= 4 is 12.4 Å². The van der Waals surface area contributed by atoms with Crippen LogP contribution in [0.1, 0.15) is 91.7 Å². The Morgan fingerprint density at radius 1 is 1.00 bits per heavy atom. The van der Waals surface area contributed by atoms with Crippen molar-refractivity contribution < 1.29 is 9.84 Å². The van der Waals surface area contributed by atoms with E-state index in [2.05, 4.69) is 66.7 Å². The second-order valence-electron chi connectivity index (χ2n) is 8.25. The fourth-order valence-electron chi connectivity index (χ4n) is 2.78. The summed E-state index contributed by atoms with van der Waals surface area (Å²) in [6.07, 6.45) is 5.16. The Balaban J connectivity index is 0.00000576. The first-order valence-electron chi connectivity index (χ1n) is 9.64. The van der Waals surface area contributed by atoms with Gasteiger partial charge >= 0.3 is 0 Å². The van der Waals surface area contributed by atoms with Crippen molar-refractivity contribution in [2.45, 2.75) is 97.5 Å². The van der Waals surface area contributed by atoms with Gasteiger partial charge in [-0.15, -0.1) is 12.4 Å². The zero-order valence-electron chi connectivity index (χ0n) is 17.3. The lowest BCUT2D eigenvalue weighted by Crippen LogP contribution is -2.25. The molecule has 0 amide bonds. The summed E-state index contributed by atoms with van der Waals surface area (Å²) in [4.78, 5) is 0. The van der Waals surface area contributed by atoms with Gasteiger partial charge in [-0.3, -0.25) is 0 Å². The number of hydrogen-bond donors (Lipinski definition) is 1. The van der Waals surface area contributed by atoms with Gasteiger partial charge < -0.3 is 9.84 Å². The zero-order valence-corrected chi connectivity index (χ0v) is 18.1. The van der Waals surface area contributed by atoms with Gasteiger partial charge in [-0.1, -0.05) is 67.0 Å². The Morgan fingerprint density at radius 3 is 2.08 bits per heavy atom. The zero-order chi connectivity index (χ0) is 18.4. The smallest absolute Gasteiger partial charge is 0.123 e.